The van der Waals surface area contributed by atoms with Crippen LogP contribution < -0.4 is 62.0 Å². The van der Waals surface area contributed by atoms with Gasteiger partial charge in [0, 0.05) is 17.4 Å². The van der Waals surface area contributed by atoms with Crippen molar-refractivity contribution in [3.8, 4) is 0 Å². The number of nitrogens with one attached hydrogen (secondary N) is 2. The molecule has 2 aromatic rings. The molecule has 0 radical (unpaired) electrons. The van der Waals surface area contributed by atoms with Crippen LogP contribution in [0.2, 0.25) is 0 Å². The molecule has 0 spiro atoms. The Hall–Kier alpha value is -1.63. The first-order valence-corrected chi connectivity index (χ1v) is 10.5. The molecule has 1 fully saturated rings. The van der Waals surface area contributed by atoms with Crippen LogP contribution in [0, 0.1) is 26.6 Å². The van der Waals surface area contributed by atoms with Crippen molar-refractivity contribution in [3.05, 3.63) is 89.2 Å². The summed E-state index contributed by atoms with van der Waals surface area (Å²) in [7, 11) is 1.98. The van der Waals surface area contributed by atoms with Crippen LogP contribution in [-0.2, 0) is 0 Å². The van der Waals surface area contributed by atoms with E-state index in [1.54, 1.807) is 6.20 Å². The molecule has 2 aliphatic rings. The molecule has 5 heteroatoms. The van der Waals surface area contributed by atoms with E-state index >= 15 is 0 Å². The first-order chi connectivity index (χ1) is 14.5. The van der Waals surface area contributed by atoms with E-state index in [2.05, 4.69) is 85.1 Å². The number of aryl methyl sites for hydroxylation is 2. The van der Waals surface area contributed by atoms with Gasteiger partial charge in [0.25, 0.3) is 0 Å². The van der Waals surface area contributed by atoms with Crippen LogP contribution in [0.5, 0.6) is 0 Å². The van der Waals surface area contributed by atoms with Crippen LogP contribution in [0.1, 0.15) is 48.1 Å². The molecule has 31 heavy (non-hydrogen) atoms. The quantitative estimate of drug-likeness (QED) is 0.302. The van der Waals surface area contributed by atoms with Crippen LogP contribution >= 0.6 is 0 Å². The van der Waals surface area contributed by atoms with E-state index in [1.165, 1.54) is 46.4 Å². The molecular weight excluding hydrogens is 407 g/mol. The molecule has 1 unspecified atom stereocenters. The molecule has 1 saturated carbocycles. The van der Waals surface area contributed by atoms with E-state index in [-0.39, 0.29) is 57.4 Å². The summed E-state index contributed by atoms with van der Waals surface area (Å²) >= 11 is 0. The number of rotatable bonds is 7. The molecule has 0 bridgehead atoms. The van der Waals surface area contributed by atoms with Crippen molar-refractivity contribution in [2.24, 2.45) is 4.99 Å². The van der Waals surface area contributed by atoms with Crippen molar-refractivity contribution in [2.45, 2.75) is 39.7 Å². The predicted octanol–water partition coefficient (Wildman–Crippen LogP) is 2.18. The summed E-state index contributed by atoms with van der Waals surface area (Å²) in [5.41, 5.74) is 9.96. The molecule has 2 N–H and O–H groups in total. The number of hydrogen-bond donors (Lipinski definition) is 2. The monoisotopic (exact) mass is 436 g/mol. The average molecular weight is 437 g/mol. The zero-order chi connectivity index (χ0) is 21.1. The van der Waals surface area contributed by atoms with E-state index in [1.807, 2.05) is 24.4 Å². The third kappa shape index (κ3) is 6.43. The Balaban J connectivity index is 0.00000272. The molecule has 0 amide bonds. The smallest absolute Gasteiger partial charge is 0.560 e. The third-order valence-corrected chi connectivity index (χ3v) is 5.55. The van der Waals surface area contributed by atoms with Crippen molar-refractivity contribution >= 4 is 23.3 Å². The van der Waals surface area contributed by atoms with E-state index < -0.39 is 0 Å². The van der Waals surface area contributed by atoms with Gasteiger partial charge in [0.2, 0.25) is 0 Å². The fraction of sp³-hybridized carbons (Fsp3) is 0.269. The van der Waals surface area contributed by atoms with E-state index in [9.17, 15) is 0 Å². The zero-order valence-electron chi connectivity index (χ0n) is 19.2. The molecular formula is C26H29KN4. The minimum absolute atomic E-state index is 0. The average Bonchev–Trinajstić information content (AvgIpc) is 3.55. The summed E-state index contributed by atoms with van der Waals surface area (Å²) in [4.78, 5) is 4.32. The number of hydrogen-bond acceptors (Lipinski definition) is 3. The standard InChI is InChI=1S/C26H29N4.K/c1-18-8-9-23(14-19(18)2)26(21-10-11-21)29-24-7-5-6-22(15-24)20(3)27-12-13-28-25-16-30(4)17-25;/h5-9,13-17,20,27,29H,10-11H2,1-4H3;/q-1;+1. The summed E-state index contributed by atoms with van der Waals surface area (Å²) in [6.45, 7) is 8.44. The Bertz CT molecular complexity index is 1070. The van der Waals surface area contributed by atoms with Gasteiger partial charge < -0.3 is 26.4 Å². The van der Waals surface area contributed by atoms with Gasteiger partial charge in [-0.05, 0) is 79.6 Å². The molecule has 1 heterocycles. The van der Waals surface area contributed by atoms with Crippen molar-refractivity contribution in [1.29, 1.82) is 0 Å². The number of allylic oxidation sites excluding steroid dienone is 1. The fourth-order valence-corrected chi connectivity index (χ4v) is 3.43. The van der Waals surface area contributed by atoms with Gasteiger partial charge in [-0.25, -0.2) is 0 Å². The number of benzene rings is 2. The van der Waals surface area contributed by atoms with Gasteiger partial charge in [-0.2, -0.15) is 0 Å². The maximum Gasteiger partial charge on any atom is 1.00 e. The second kappa shape index (κ2) is 10.8. The minimum atomic E-state index is 0. The Morgan fingerprint density at radius 3 is 2.61 bits per heavy atom. The molecule has 4 nitrogen and oxygen atoms in total. The number of nitrogens with zero attached hydrogens (tertiary/aromatic N) is 2. The molecule has 2 aromatic carbocycles. The Morgan fingerprint density at radius 2 is 1.94 bits per heavy atom. The predicted molar refractivity (Wildman–Crippen MR) is 125 cm³/mol. The summed E-state index contributed by atoms with van der Waals surface area (Å²) in [5.74, 6) is 0. The summed E-state index contributed by atoms with van der Waals surface area (Å²) in [6.07, 6.45) is 9.09. The largest absolute Gasteiger partial charge is 1.00 e. The maximum atomic E-state index is 4.32. The second-order valence-corrected chi connectivity index (χ2v) is 8.15. The minimum Gasteiger partial charge on any atom is -0.560 e. The molecule has 154 valence electrons. The fourth-order valence-electron chi connectivity index (χ4n) is 3.43. The van der Waals surface area contributed by atoms with E-state index in [4.69, 9.17) is 0 Å². The van der Waals surface area contributed by atoms with Gasteiger partial charge >= 0.3 is 51.4 Å². The van der Waals surface area contributed by atoms with Gasteiger partial charge in [0.1, 0.15) is 7.05 Å². The zero-order valence-corrected chi connectivity index (χ0v) is 22.3. The SMILES string of the molecule is Cc1ccc(C(Nc2cccc(C(C)N[C-]=CN=C3C=[N+](C)[CH-]3)c2)=C2CC2)cc1C.[K+]. The summed E-state index contributed by atoms with van der Waals surface area (Å²) < 4.78 is 1.98. The Morgan fingerprint density at radius 1 is 1.16 bits per heavy atom. The van der Waals surface area contributed by atoms with Crippen LogP contribution in [0.15, 0.2) is 59.2 Å². The normalized spacial score (nSPS) is 16.7. The first-order valence-electron chi connectivity index (χ1n) is 10.5. The van der Waals surface area contributed by atoms with Crippen LogP contribution in [0.4, 0.5) is 5.69 Å². The van der Waals surface area contributed by atoms with Crippen molar-refractivity contribution in [3.63, 3.8) is 0 Å². The summed E-state index contributed by atoms with van der Waals surface area (Å²) in [6, 6.07) is 15.4. The molecule has 0 aromatic heterocycles. The van der Waals surface area contributed by atoms with Gasteiger partial charge in [0.05, 0.1) is 18.5 Å². The van der Waals surface area contributed by atoms with Crippen molar-refractivity contribution < 1.29 is 56.0 Å². The maximum absolute atomic E-state index is 4.32. The first kappa shape index (κ1) is 24.0. The van der Waals surface area contributed by atoms with E-state index in [0.29, 0.717) is 0 Å². The van der Waals surface area contributed by atoms with Crippen molar-refractivity contribution in [1.82, 2.24) is 5.32 Å². The Kier molecular flexibility index (Phi) is 8.36. The van der Waals surface area contributed by atoms with Crippen LogP contribution in [0.3, 0.4) is 0 Å². The molecule has 0 saturated heterocycles. The van der Waals surface area contributed by atoms with Crippen LogP contribution in [-0.4, -0.2) is 23.5 Å². The Labute approximate surface area is 228 Å². The van der Waals surface area contributed by atoms with Gasteiger partial charge in [-0.1, -0.05) is 24.3 Å². The summed E-state index contributed by atoms with van der Waals surface area (Å²) in [5, 5.41) is 6.97. The van der Waals surface area contributed by atoms with Gasteiger partial charge in [-0.15, -0.1) is 6.20 Å². The molecule has 4 rings (SSSR count). The molecule has 1 atom stereocenters. The molecule has 1 aliphatic carbocycles. The number of anilines is 1. The molecule has 1 aliphatic heterocycles. The third-order valence-electron chi connectivity index (χ3n) is 5.55. The van der Waals surface area contributed by atoms with Gasteiger partial charge in [-0.3, -0.25) is 0 Å². The second-order valence-electron chi connectivity index (χ2n) is 8.15. The van der Waals surface area contributed by atoms with Crippen LogP contribution in [0.25, 0.3) is 5.70 Å². The topological polar surface area (TPSA) is 39.4 Å². The number of aliphatic imine (C=N–C) groups is 1. The van der Waals surface area contributed by atoms with Gasteiger partial charge in [0.15, 0.2) is 0 Å². The van der Waals surface area contributed by atoms with E-state index in [0.717, 1.165) is 11.4 Å². The van der Waals surface area contributed by atoms with Crippen molar-refractivity contribution in [2.75, 3.05) is 12.4 Å².